The third kappa shape index (κ3) is 2.47. The Morgan fingerprint density at radius 2 is 2.13 bits per heavy atom. The monoisotopic (exact) mass is 316 g/mol. The Labute approximate surface area is 101 Å². The van der Waals surface area contributed by atoms with Gasteiger partial charge in [0.25, 0.3) is 3.90 Å². The molecular weight excluding hydrogens is 307 g/mol. The Kier molecular flexibility index (Phi) is 3.20. The van der Waals surface area contributed by atoms with Crippen LogP contribution in [-0.2, 0) is 6.42 Å². The Morgan fingerprint density at radius 1 is 1.33 bits per heavy atom. The van der Waals surface area contributed by atoms with Crippen molar-refractivity contribution in [2.45, 2.75) is 6.42 Å². The second kappa shape index (κ2) is 4.61. The second-order valence-electron chi connectivity index (χ2n) is 2.94. The van der Waals surface area contributed by atoms with Crippen LogP contribution in [-0.4, -0.2) is 17.3 Å². The first kappa shape index (κ1) is 10.4. The number of halogens is 1. The molecule has 0 aliphatic carbocycles. The van der Waals surface area contributed by atoms with Crippen molar-refractivity contribution >= 4 is 22.6 Å². The highest BCUT2D eigenvalue weighted by Gasteiger charge is 2.08. The lowest BCUT2D eigenvalue weighted by Crippen LogP contribution is -1.93. The lowest BCUT2D eigenvalue weighted by molar-refractivity contribution is 0.407. The van der Waals surface area contributed by atoms with Gasteiger partial charge in [-0.1, -0.05) is 18.2 Å². The van der Waals surface area contributed by atoms with Crippen LogP contribution in [0.2, 0.25) is 0 Å². The van der Waals surface area contributed by atoms with Gasteiger partial charge in [0.05, 0.1) is 13.5 Å². The van der Waals surface area contributed by atoms with Crippen molar-refractivity contribution in [2.24, 2.45) is 0 Å². The van der Waals surface area contributed by atoms with Gasteiger partial charge in [0, 0.05) is 28.2 Å². The number of hydrogen-bond acceptors (Lipinski definition) is 4. The molecule has 0 spiro atoms. The van der Waals surface area contributed by atoms with Crippen LogP contribution in [0.5, 0.6) is 5.75 Å². The molecule has 15 heavy (non-hydrogen) atoms. The average Bonchev–Trinajstić information content (AvgIpc) is 2.65. The quantitative estimate of drug-likeness (QED) is 0.815. The van der Waals surface area contributed by atoms with E-state index in [4.69, 9.17) is 9.15 Å². The summed E-state index contributed by atoms with van der Waals surface area (Å²) in [5.74, 6) is 1.44. The summed E-state index contributed by atoms with van der Waals surface area (Å²) >= 11 is 1.99. The number of para-hydroxylation sites is 1. The topological polar surface area (TPSA) is 48.2 Å². The SMILES string of the molecule is COc1ccccc1Cc1nnc(I)o1. The Balaban J connectivity index is 2.23. The molecule has 0 atom stereocenters. The van der Waals surface area contributed by atoms with Crippen molar-refractivity contribution in [3.63, 3.8) is 0 Å². The Morgan fingerprint density at radius 3 is 2.80 bits per heavy atom. The van der Waals surface area contributed by atoms with E-state index in [0.717, 1.165) is 11.3 Å². The maximum absolute atomic E-state index is 5.30. The largest absolute Gasteiger partial charge is 0.496 e. The van der Waals surface area contributed by atoms with E-state index in [9.17, 15) is 0 Å². The minimum atomic E-state index is 0.553. The zero-order valence-corrected chi connectivity index (χ0v) is 10.3. The van der Waals surface area contributed by atoms with Crippen LogP contribution >= 0.6 is 22.6 Å². The standard InChI is InChI=1S/C10H9IN2O2/c1-14-8-5-3-2-4-7(8)6-9-12-13-10(11)15-9/h2-5H,6H2,1H3. The van der Waals surface area contributed by atoms with Gasteiger partial charge in [-0.05, 0) is 6.07 Å². The first-order chi connectivity index (χ1) is 7.29. The first-order valence-electron chi connectivity index (χ1n) is 4.39. The lowest BCUT2D eigenvalue weighted by atomic mass is 10.1. The lowest BCUT2D eigenvalue weighted by Gasteiger charge is -2.04. The van der Waals surface area contributed by atoms with Gasteiger partial charge < -0.3 is 9.15 Å². The summed E-state index contributed by atoms with van der Waals surface area (Å²) in [7, 11) is 1.65. The third-order valence-corrected chi connectivity index (χ3v) is 2.41. The summed E-state index contributed by atoms with van der Waals surface area (Å²) in [6.07, 6.45) is 0.597. The van der Waals surface area contributed by atoms with Crippen molar-refractivity contribution in [3.8, 4) is 5.75 Å². The molecule has 0 radical (unpaired) electrons. The second-order valence-corrected chi connectivity index (χ2v) is 3.86. The number of aromatic nitrogens is 2. The van der Waals surface area contributed by atoms with Crippen LogP contribution < -0.4 is 4.74 Å². The van der Waals surface area contributed by atoms with E-state index in [0.29, 0.717) is 16.2 Å². The van der Waals surface area contributed by atoms with Crippen LogP contribution in [0.15, 0.2) is 28.7 Å². The minimum absolute atomic E-state index is 0.553. The van der Waals surface area contributed by atoms with Gasteiger partial charge in [-0.2, -0.15) is 0 Å². The molecule has 0 N–H and O–H groups in total. The molecule has 2 rings (SSSR count). The number of nitrogens with zero attached hydrogens (tertiary/aromatic N) is 2. The highest BCUT2D eigenvalue weighted by Crippen LogP contribution is 2.20. The van der Waals surface area contributed by atoms with E-state index >= 15 is 0 Å². The number of benzene rings is 1. The maximum atomic E-state index is 5.30. The molecule has 0 aliphatic rings. The van der Waals surface area contributed by atoms with Crippen molar-refractivity contribution in [1.82, 2.24) is 10.2 Å². The Hall–Kier alpha value is -1.11. The maximum Gasteiger partial charge on any atom is 0.278 e. The van der Waals surface area contributed by atoms with Crippen molar-refractivity contribution in [3.05, 3.63) is 39.6 Å². The summed E-state index contributed by atoms with van der Waals surface area (Å²) < 4.78 is 11.1. The fourth-order valence-corrected chi connectivity index (χ4v) is 1.68. The fraction of sp³-hybridized carbons (Fsp3) is 0.200. The number of rotatable bonds is 3. The zero-order chi connectivity index (χ0) is 10.7. The molecule has 0 amide bonds. The molecule has 2 aromatic rings. The highest BCUT2D eigenvalue weighted by molar-refractivity contribution is 14.1. The van der Waals surface area contributed by atoms with Gasteiger partial charge in [0.1, 0.15) is 5.75 Å². The van der Waals surface area contributed by atoms with Crippen LogP contribution in [0.4, 0.5) is 0 Å². The molecule has 5 heteroatoms. The smallest absolute Gasteiger partial charge is 0.278 e. The molecule has 0 saturated carbocycles. The van der Waals surface area contributed by atoms with Gasteiger partial charge in [0.2, 0.25) is 5.89 Å². The summed E-state index contributed by atoms with van der Waals surface area (Å²) in [6, 6.07) is 7.78. The average molecular weight is 316 g/mol. The van der Waals surface area contributed by atoms with Crippen LogP contribution in [0.25, 0.3) is 0 Å². The molecule has 1 aromatic carbocycles. The summed E-state index contributed by atoms with van der Waals surface area (Å²) in [5.41, 5.74) is 1.04. The van der Waals surface area contributed by atoms with E-state index in [1.807, 2.05) is 46.9 Å². The van der Waals surface area contributed by atoms with Gasteiger partial charge in [-0.15, -0.1) is 10.2 Å². The van der Waals surface area contributed by atoms with E-state index in [2.05, 4.69) is 10.2 Å². The molecule has 4 nitrogen and oxygen atoms in total. The van der Waals surface area contributed by atoms with Gasteiger partial charge in [-0.25, -0.2) is 0 Å². The number of methoxy groups -OCH3 is 1. The molecule has 0 fully saturated rings. The van der Waals surface area contributed by atoms with Gasteiger partial charge >= 0.3 is 0 Å². The molecule has 1 aromatic heterocycles. The van der Waals surface area contributed by atoms with E-state index in [-0.39, 0.29) is 0 Å². The fourth-order valence-electron chi connectivity index (χ4n) is 1.32. The number of ether oxygens (including phenoxy) is 1. The summed E-state index contributed by atoms with van der Waals surface area (Å²) in [6.45, 7) is 0. The predicted octanol–water partition coefficient (Wildman–Crippen LogP) is 2.27. The van der Waals surface area contributed by atoms with Crippen LogP contribution in [0.1, 0.15) is 11.5 Å². The minimum Gasteiger partial charge on any atom is -0.496 e. The summed E-state index contributed by atoms with van der Waals surface area (Å²) in [4.78, 5) is 0. The van der Waals surface area contributed by atoms with E-state index in [1.165, 1.54) is 0 Å². The van der Waals surface area contributed by atoms with Crippen molar-refractivity contribution < 1.29 is 9.15 Å². The molecule has 0 aliphatic heterocycles. The van der Waals surface area contributed by atoms with Crippen LogP contribution in [0.3, 0.4) is 0 Å². The highest BCUT2D eigenvalue weighted by atomic mass is 127. The van der Waals surface area contributed by atoms with Crippen LogP contribution in [0, 0.1) is 3.90 Å². The molecule has 0 unspecified atom stereocenters. The van der Waals surface area contributed by atoms with Crippen molar-refractivity contribution in [2.75, 3.05) is 7.11 Å². The zero-order valence-electron chi connectivity index (χ0n) is 8.11. The van der Waals surface area contributed by atoms with E-state index < -0.39 is 0 Å². The summed E-state index contributed by atoms with van der Waals surface area (Å²) in [5, 5.41) is 7.70. The predicted molar refractivity (Wildman–Crippen MR) is 62.8 cm³/mol. The molecule has 0 saturated heterocycles. The number of hydrogen-bond donors (Lipinski definition) is 0. The van der Waals surface area contributed by atoms with Crippen molar-refractivity contribution in [1.29, 1.82) is 0 Å². The third-order valence-electron chi connectivity index (χ3n) is 1.98. The molecule has 78 valence electrons. The normalized spacial score (nSPS) is 10.3. The van der Waals surface area contributed by atoms with Gasteiger partial charge in [0.15, 0.2) is 0 Å². The molecular formula is C10H9IN2O2. The van der Waals surface area contributed by atoms with E-state index in [1.54, 1.807) is 7.11 Å². The Bertz CT molecular complexity index is 456. The molecule has 0 bridgehead atoms. The van der Waals surface area contributed by atoms with Gasteiger partial charge in [-0.3, -0.25) is 0 Å². The first-order valence-corrected chi connectivity index (χ1v) is 5.47. The molecule has 1 heterocycles.